The summed E-state index contributed by atoms with van der Waals surface area (Å²) in [5, 5.41) is 7.68. The van der Waals surface area contributed by atoms with Gasteiger partial charge in [0, 0.05) is 23.2 Å². The number of rotatable bonds is 5. The molecule has 7 nitrogen and oxygen atoms in total. The third-order valence-electron chi connectivity index (χ3n) is 4.88. The molecule has 4 rings (SSSR count). The molecular weight excluding hydrogens is 356 g/mol. The summed E-state index contributed by atoms with van der Waals surface area (Å²) in [5.41, 5.74) is 3.22. The lowest BCUT2D eigenvalue weighted by Gasteiger charge is -2.13. The van der Waals surface area contributed by atoms with Crippen LogP contribution < -0.4 is 5.32 Å². The van der Waals surface area contributed by atoms with E-state index >= 15 is 0 Å². The zero-order chi connectivity index (χ0) is 19.7. The Bertz CT molecular complexity index is 1050. The number of pyridine rings is 1. The van der Waals surface area contributed by atoms with Crippen molar-refractivity contribution in [2.45, 2.75) is 39.2 Å². The maximum atomic E-state index is 12.9. The Kier molecular flexibility index (Phi) is 4.81. The van der Waals surface area contributed by atoms with E-state index in [0.717, 1.165) is 41.4 Å². The van der Waals surface area contributed by atoms with Gasteiger partial charge in [-0.2, -0.15) is 5.10 Å². The van der Waals surface area contributed by atoms with E-state index in [-0.39, 0.29) is 12.6 Å². The first-order valence-electron chi connectivity index (χ1n) is 9.45. The van der Waals surface area contributed by atoms with Crippen LogP contribution in [-0.2, 0) is 22.4 Å². The number of fused-ring (bicyclic) bond motifs is 2. The van der Waals surface area contributed by atoms with Gasteiger partial charge in [0.1, 0.15) is 5.82 Å². The zero-order valence-electron chi connectivity index (χ0n) is 15.9. The van der Waals surface area contributed by atoms with E-state index in [9.17, 15) is 9.59 Å². The summed E-state index contributed by atoms with van der Waals surface area (Å²) in [7, 11) is 0. The number of nitrogens with one attached hydrogen (secondary N) is 1. The van der Waals surface area contributed by atoms with Crippen molar-refractivity contribution in [3.63, 3.8) is 0 Å². The minimum Gasteiger partial charge on any atom is -0.452 e. The van der Waals surface area contributed by atoms with Gasteiger partial charge in [0.05, 0.1) is 17.3 Å². The van der Waals surface area contributed by atoms with Crippen molar-refractivity contribution in [2.24, 2.45) is 0 Å². The zero-order valence-corrected chi connectivity index (χ0v) is 15.9. The van der Waals surface area contributed by atoms with E-state index in [1.54, 1.807) is 16.9 Å². The fourth-order valence-corrected chi connectivity index (χ4v) is 3.65. The molecule has 0 atom stereocenters. The molecule has 1 N–H and O–H groups in total. The molecule has 0 unspecified atom stereocenters. The average Bonchev–Trinajstić information content (AvgIpc) is 3.33. The van der Waals surface area contributed by atoms with Crippen molar-refractivity contribution in [3.05, 3.63) is 53.3 Å². The van der Waals surface area contributed by atoms with E-state index in [0.29, 0.717) is 11.4 Å². The van der Waals surface area contributed by atoms with Gasteiger partial charge >= 0.3 is 5.97 Å². The molecule has 0 saturated heterocycles. The largest absolute Gasteiger partial charge is 0.452 e. The van der Waals surface area contributed by atoms with E-state index in [4.69, 9.17) is 4.74 Å². The summed E-state index contributed by atoms with van der Waals surface area (Å²) in [4.78, 5) is 29.8. The van der Waals surface area contributed by atoms with Gasteiger partial charge < -0.3 is 10.1 Å². The first-order chi connectivity index (χ1) is 13.5. The van der Waals surface area contributed by atoms with E-state index in [2.05, 4.69) is 15.4 Å². The maximum absolute atomic E-state index is 12.9. The van der Waals surface area contributed by atoms with Crippen LogP contribution >= 0.6 is 0 Å². The minimum atomic E-state index is -0.482. The highest BCUT2D eigenvalue weighted by Crippen LogP contribution is 2.30. The van der Waals surface area contributed by atoms with Crippen molar-refractivity contribution >= 4 is 28.6 Å². The summed E-state index contributed by atoms with van der Waals surface area (Å²) < 4.78 is 7.06. The van der Waals surface area contributed by atoms with Gasteiger partial charge in [-0.1, -0.05) is 18.2 Å². The maximum Gasteiger partial charge on any atom is 0.339 e. The van der Waals surface area contributed by atoms with Crippen molar-refractivity contribution in [1.82, 2.24) is 14.8 Å². The predicted molar refractivity (Wildman–Crippen MR) is 105 cm³/mol. The Balaban J connectivity index is 1.52. The third kappa shape index (κ3) is 3.35. The number of para-hydroxylation sites is 1. The molecule has 144 valence electrons. The van der Waals surface area contributed by atoms with Crippen LogP contribution in [0.3, 0.4) is 0 Å². The van der Waals surface area contributed by atoms with Crippen LogP contribution in [0.15, 0.2) is 36.5 Å². The van der Waals surface area contributed by atoms with Crippen LogP contribution in [0.25, 0.3) is 10.9 Å². The van der Waals surface area contributed by atoms with Gasteiger partial charge in [-0.3, -0.25) is 9.78 Å². The molecule has 1 amide bonds. The van der Waals surface area contributed by atoms with Crippen LogP contribution in [0.1, 0.15) is 47.9 Å². The van der Waals surface area contributed by atoms with Gasteiger partial charge in [0.15, 0.2) is 6.61 Å². The molecule has 1 aliphatic rings. The number of hydrogen-bond acceptors (Lipinski definition) is 5. The summed E-state index contributed by atoms with van der Waals surface area (Å²) in [6.07, 6.45) is 4.25. The predicted octanol–water partition coefficient (Wildman–Crippen LogP) is 3.30. The number of hydrogen-bond donors (Lipinski definition) is 1. The second-order valence-electron chi connectivity index (χ2n) is 7.16. The third-order valence-corrected chi connectivity index (χ3v) is 4.88. The lowest BCUT2D eigenvalue weighted by molar-refractivity contribution is -0.119. The lowest BCUT2D eigenvalue weighted by Crippen LogP contribution is -2.23. The second kappa shape index (κ2) is 7.42. The molecule has 7 heteroatoms. The number of aryl methyl sites for hydroxylation is 1. The summed E-state index contributed by atoms with van der Waals surface area (Å²) >= 11 is 0. The fraction of sp³-hybridized carbons (Fsp3) is 0.333. The molecular formula is C21H22N4O3. The van der Waals surface area contributed by atoms with Crippen LogP contribution in [0.4, 0.5) is 5.82 Å². The molecule has 0 saturated carbocycles. The quantitative estimate of drug-likeness (QED) is 0.689. The Labute approximate surface area is 162 Å². The number of nitrogens with zero attached hydrogens (tertiary/aromatic N) is 3. The summed E-state index contributed by atoms with van der Waals surface area (Å²) in [6.45, 7) is 3.59. The molecule has 2 aromatic heterocycles. The van der Waals surface area contributed by atoms with Gasteiger partial charge in [0.2, 0.25) is 0 Å². The first-order valence-corrected chi connectivity index (χ1v) is 9.45. The molecule has 0 spiro atoms. The number of carbonyl (C=O) groups excluding carboxylic acids is 2. The Morgan fingerprint density at radius 3 is 2.86 bits per heavy atom. The van der Waals surface area contributed by atoms with E-state index in [1.807, 2.05) is 38.1 Å². The number of carbonyl (C=O) groups is 2. The minimum absolute atomic E-state index is 0.110. The van der Waals surface area contributed by atoms with Crippen molar-refractivity contribution in [2.75, 3.05) is 11.9 Å². The van der Waals surface area contributed by atoms with Crippen LogP contribution in [0, 0.1) is 0 Å². The van der Waals surface area contributed by atoms with Crippen molar-refractivity contribution in [1.29, 1.82) is 0 Å². The molecule has 1 aromatic carbocycles. The Morgan fingerprint density at radius 1 is 1.21 bits per heavy atom. The molecule has 0 aliphatic heterocycles. The molecule has 2 heterocycles. The second-order valence-corrected chi connectivity index (χ2v) is 7.16. The highest BCUT2D eigenvalue weighted by Gasteiger charge is 2.25. The summed E-state index contributed by atoms with van der Waals surface area (Å²) in [5.74, 6) is -0.304. The van der Waals surface area contributed by atoms with Gasteiger partial charge in [-0.05, 0) is 44.7 Å². The van der Waals surface area contributed by atoms with Gasteiger partial charge in [-0.15, -0.1) is 0 Å². The number of ether oxygens (including phenoxy) is 1. The average molecular weight is 378 g/mol. The van der Waals surface area contributed by atoms with Crippen molar-refractivity contribution < 1.29 is 14.3 Å². The normalized spacial score (nSPS) is 13.0. The molecule has 0 fully saturated rings. The van der Waals surface area contributed by atoms with Gasteiger partial charge in [-0.25, -0.2) is 9.48 Å². The van der Waals surface area contributed by atoms with E-state index < -0.39 is 11.9 Å². The Hall–Kier alpha value is -3.22. The first kappa shape index (κ1) is 18.2. The Morgan fingerprint density at radius 2 is 2.04 bits per heavy atom. The molecule has 3 aromatic rings. The fourth-order valence-electron chi connectivity index (χ4n) is 3.65. The molecule has 1 aliphatic carbocycles. The van der Waals surface area contributed by atoms with Crippen molar-refractivity contribution in [3.8, 4) is 0 Å². The SMILES string of the molecule is CC(C)n1nccc1NC(=O)COC(=O)c1c2c(nc3ccccc13)CCC2. The number of aromatic nitrogens is 3. The monoisotopic (exact) mass is 378 g/mol. The standard InChI is InChI=1S/C21H22N4O3/c1-13(2)25-18(10-11-22-25)24-19(26)12-28-21(27)20-14-6-3-4-8-16(14)23-17-9-5-7-15(17)20/h3-4,6,8,10-11,13H,5,7,9,12H2,1-2H3,(H,24,26). The number of benzene rings is 1. The molecule has 28 heavy (non-hydrogen) atoms. The number of amides is 1. The smallest absolute Gasteiger partial charge is 0.339 e. The van der Waals surface area contributed by atoms with Gasteiger partial charge in [0.25, 0.3) is 5.91 Å². The highest BCUT2D eigenvalue weighted by molar-refractivity contribution is 6.06. The summed E-state index contributed by atoms with van der Waals surface area (Å²) in [6, 6.07) is 9.37. The molecule has 0 bridgehead atoms. The lowest BCUT2D eigenvalue weighted by atomic mass is 10.0. The highest BCUT2D eigenvalue weighted by atomic mass is 16.5. The number of esters is 1. The van der Waals surface area contributed by atoms with E-state index in [1.165, 1.54) is 0 Å². The topological polar surface area (TPSA) is 86.1 Å². The van der Waals surface area contributed by atoms with Crippen LogP contribution in [0.5, 0.6) is 0 Å². The van der Waals surface area contributed by atoms with Crippen LogP contribution in [-0.4, -0.2) is 33.2 Å². The molecule has 0 radical (unpaired) electrons. The number of anilines is 1. The van der Waals surface area contributed by atoms with Crippen LogP contribution in [0.2, 0.25) is 0 Å².